The first-order valence-electron chi connectivity index (χ1n) is 17.0. The van der Waals surface area contributed by atoms with Gasteiger partial charge in [0.15, 0.2) is 22.8 Å². The van der Waals surface area contributed by atoms with Crippen molar-refractivity contribution in [1.29, 1.82) is 0 Å². The Kier molecular flexibility index (Phi) is 17.8. The number of anilines is 1. The van der Waals surface area contributed by atoms with E-state index in [1.807, 2.05) is 0 Å². The summed E-state index contributed by atoms with van der Waals surface area (Å²) in [6.45, 7) is 1.47. The maximum absolute atomic E-state index is 12.7. The molecule has 2 aromatic rings. The molecule has 0 aromatic carbocycles. The molecule has 2 aromatic heterocycles. The van der Waals surface area contributed by atoms with Crippen LogP contribution in [0.25, 0.3) is 11.2 Å². The lowest BCUT2D eigenvalue weighted by Gasteiger charge is -2.30. The number of hydrogen-bond acceptors (Lipinski definition) is 20. The molecule has 3 rings (SSSR count). The lowest BCUT2D eigenvalue weighted by atomic mass is 9.87. The third-order valence-corrected chi connectivity index (χ3v) is 12.1. The molecule has 0 radical (unpaired) electrons. The summed E-state index contributed by atoms with van der Waals surface area (Å²) >= 11 is 0.767. The number of imidazole rings is 1. The quantitative estimate of drug-likeness (QED) is 0.0333. The number of phosphoric acid groups is 3. The highest BCUT2D eigenvalue weighted by Gasteiger charge is 2.50. The molecule has 59 heavy (non-hydrogen) atoms. The van der Waals surface area contributed by atoms with Crippen molar-refractivity contribution in [3.63, 3.8) is 0 Å². The summed E-state index contributed by atoms with van der Waals surface area (Å²) in [4.78, 5) is 110. The molecule has 3 unspecified atom stereocenters. The average Bonchev–Trinajstić information content (AvgIpc) is 3.67. The number of nitrogens with one attached hydrogen (secondary N) is 2. The van der Waals surface area contributed by atoms with Gasteiger partial charge in [0.05, 0.1) is 32.4 Å². The second-order valence-electron chi connectivity index (χ2n) is 13.4. The molecule has 2 amide bonds. The van der Waals surface area contributed by atoms with Crippen molar-refractivity contribution in [1.82, 2.24) is 30.2 Å². The number of fused-ring (bicyclic) bond motifs is 1. The molecule has 1 saturated heterocycles. The molecule has 3 heterocycles. The summed E-state index contributed by atoms with van der Waals surface area (Å²) in [5, 5.41) is 34.4. The number of amides is 2. The number of ether oxygens (including phenoxy) is 1. The average molecular weight is 924 g/mol. The predicted molar refractivity (Wildman–Crippen MR) is 198 cm³/mol. The predicted octanol–water partition coefficient (Wildman–Crippen LogP) is -1.27. The fraction of sp³-hybridized carbons (Fsp3) is 0.643. The third kappa shape index (κ3) is 15.6. The van der Waals surface area contributed by atoms with E-state index in [9.17, 15) is 67.5 Å². The van der Waals surface area contributed by atoms with Crippen LogP contribution in [0.3, 0.4) is 0 Å². The van der Waals surface area contributed by atoms with Gasteiger partial charge in [-0.3, -0.25) is 42.1 Å². The zero-order valence-corrected chi connectivity index (χ0v) is 34.8. The summed E-state index contributed by atoms with van der Waals surface area (Å²) in [5.41, 5.74) is 4.17. The van der Waals surface area contributed by atoms with Crippen LogP contribution in [0.15, 0.2) is 12.7 Å². The number of carbonyl (C=O) groups is 5. The van der Waals surface area contributed by atoms with Crippen LogP contribution in [0, 0.1) is 11.3 Å². The first-order chi connectivity index (χ1) is 27.2. The molecule has 1 aliphatic rings. The van der Waals surface area contributed by atoms with E-state index in [2.05, 4.69) is 34.4 Å². The number of carboxylic acid groups (broad SMARTS) is 1. The SMILES string of the molecule is CC(CC(=O)O)C(=O)CC(=O)SCCNC(=O)CCNC(=O)[C@H](O)C(C)(C)COP(=O)(O)OP(=O)(O)OC[C@H]1O[C@H](n2cnc3c(N)ncnc32)[C@H](O)[C@@H]1OP(=O)(O)O. The fourth-order valence-electron chi connectivity index (χ4n) is 5.04. The number of nitrogen functional groups attached to an aromatic ring is 1. The van der Waals surface area contributed by atoms with Gasteiger partial charge in [0.1, 0.15) is 42.0 Å². The minimum absolute atomic E-state index is 0.0140. The number of carbonyl (C=O) groups excluding carboxylic acids is 4. The lowest BCUT2D eigenvalue weighted by Crippen LogP contribution is -2.46. The van der Waals surface area contributed by atoms with Crippen LogP contribution in [-0.4, -0.2) is 140 Å². The van der Waals surface area contributed by atoms with E-state index in [4.69, 9.17) is 24.6 Å². The molecule has 1 fully saturated rings. The van der Waals surface area contributed by atoms with Crippen LogP contribution in [0.5, 0.6) is 0 Å². The minimum atomic E-state index is -5.60. The Hall–Kier alpha value is -3.30. The van der Waals surface area contributed by atoms with Crippen molar-refractivity contribution in [2.24, 2.45) is 11.3 Å². The van der Waals surface area contributed by atoms with Crippen LogP contribution in [0.2, 0.25) is 0 Å². The van der Waals surface area contributed by atoms with Crippen molar-refractivity contribution in [3.8, 4) is 0 Å². The summed E-state index contributed by atoms with van der Waals surface area (Å²) in [6.07, 6.45) is -8.05. The number of aliphatic hydroxyl groups excluding tert-OH is 2. The standard InChI is InChI=1S/C28H44N7O20P3S/c1-14(8-18(38)39)15(36)9-19(40)59-7-6-30-17(37)4-5-31-26(43)23(42)28(2,3)11-52-58(49,50)55-57(47,48)51-10-16-22(54-56(44,45)46)21(41)27(53-16)35-13-34-20-24(29)32-12-33-25(20)35/h12-14,16,21-23,27,41-42H,4-11H2,1-3H3,(H,30,37)(H,31,43)(H,38,39)(H,47,48)(H,49,50)(H2,29,32,33)(H2,44,45,46)/t14?,16-,21-,22-,23+,27+/m1/s1. The second-order valence-corrected chi connectivity index (χ2v) is 18.8. The molecule has 332 valence electrons. The van der Waals surface area contributed by atoms with E-state index in [1.54, 1.807) is 0 Å². The van der Waals surface area contributed by atoms with Crippen LogP contribution in [0.4, 0.5) is 5.82 Å². The molecule has 0 saturated carbocycles. The number of nitrogens with zero attached hydrogens (tertiary/aromatic N) is 4. The number of Topliss-reactive ketones (excluding diaryl/α,β-unsaturated/α-hetero) is 1. The Bertz CT molecular complexity index is 2000. The first-order valence-corrected chi connectivity index (χ1v) is 22.5. The van der Waals surface area contributed by atoms with Gasteiger partial charge in [0, 0.05) is 36.6 Å². The van der Waals surface area contributed by atoms with E-state index in [1.165, 1.54) is 20.8 Å². The maximum Gasteiger partial charge on any atom is 0.481 e. The largest absolute Gasteiger partial charge is 0.481 e. The van der Waals surface area contributed by atoms with Crippen LogP contribution >= 0.6 is 35.2 Å². The number of hydrogen-bond donors (Lipinski definition) is 10. The smallest absolute Gasteiger partial charge is 0.481 e. The Morgan fingerprint density at radius 2 is 1.69 bits per heavy atom. The van der Waals surface area contributed by atoms with Crippen molar-refractivity contribution in [3.05, 3.63) is 12.7 Å². The molecule has 0 spiro atoms. The molecule has 8 atom stereocenters. The Labute approximate surface area is 338 Å². The van der Waals surface area contributed by atoms with Gasteiger partial charge >= 0.3 is 29.4 Å². The van der Waals surface area contributed by atoms with Crippen molar-refractivity contribution >= 4 is 80.9 Å². The number of phosphoric ester groups is 3. The molecular weight excluding hydrogens is 879 g/mol. The Morgan fingerprint density at radius 3 is 2.34 bits per heavy atom. The molecule has 0 bridgehead atoms. The molecular formula is C28H44N7O20P3S. The van der Waals surface area contributed by atoms with Gasteiger partial charge in [-0.15, -0.1) is 0 Å². The highest BCUT2D eigenvalue weighted by atomic mass is 32.2. The van der Waals surface area contributed by atoms with Crippen molar-refractivity contribution in [2.75, 3.05) is 37.8 Å². The molecule has 31 heteroatoms. The highest BCUT2D eigenvalue weighted by Crippen LogP contribution is 2.61. The zero-order valence-electron chi connectivity index (χ0n) is 31.3. The summed E-state index contributed by atoms with van der Waals surface area (Å²) < 4.78 is 62.0. The van der Waals surface area contributed by atoms with E-state index in [0.717, 1.165) is 29.0 Å². The first kappa shape index (κ1) is 50.1. The monoisotopic (exact) mass is 923 g/mol. The maximum atomic E-state index is 12.7. The summed E-state index contributed by atoms with van der Waals surface area (Å²) in [7, 11) is -16.5. The summed E-state index contributed by atoms with van der Waals surface area (Å²) in [5.74, 6) is -4.06. The van der Waals surface area contributed by atoms with Gasteiger partial charge in [-0.2, -0.15) is 4.31 Å². The highest BCUT2D eigenvalue weighted by molar-refractivity contribution is 8.13. The second kappa shape index (κ2) is 21.0. The number of aliphatic hydroxyl groups is 2. The number of ketones is 1. The Morgan fingerprint density at radius 1 is 1.03 bits per heavy atom. The van der Waals surface area contributed by atoms with Crippen LogP contribution in [-0.2, 0) is 60.3 Å². The van der Waals surface area contributed by atoms with Crippen molar-refractivity contribution < 1.29 is 95.2 Å². The topological polar surface area (TPSA) is 418 Å². The van der Waals surface area contributed by atoms with E-state index >= 15 is 0 Å². The Balaban J connectivity index is 1.45. The number of thioether (sulfide) groups is 1. The zero-order chi connectivity index (χ0) is 44.5. The lowest BCUT2D eigenvalue weighted by molar-refractivity contribution is -0.140. The summed E-state index contributed by atoms with van der Waals surface area (Å²) in [6, 6.07) is 0. The molecule has 27 nitrogen and oxygen atoms in total. The van der Waals surface area contributed by atoms with Gasteiger partial charge in [-0.25, -0.2) is 28.6 Å². The van der Waals surface area contributed by atoms with Crippen molar-refractivity contribution in [2.45, 2.75) is 70.7 Å². The molecule has 0 aliphatic carbocycles. The van der Waals surface area contributed by atoms with Crippen LogP contribution in [0.1, 0.15) is 46.3 Å². The van der Waals surface area contributed by atoms with E-state index < -0.39 is 120 Å². The van der Waals surface area contributed by atoms with Gasteiger partial charge in [-0.05, 0) is 0 Å². The van der Waals surface area contributed by atoms with E-state index in [-0.39, 0.29) is 42.2 Å². The van der Waals surface area contributed by atoms with Gasteiger partial charge in [-0.1, -0.05) is 32.5 Å². The number of aliphatic carboxylic acids is 1. The molecule has 11 N–H and O–H groups in total. The molecule has 1 aliphatic heterocycles. The number of rotatable bonds is 24. The van der Waals surface area contributed by atoms with Gasteiger partial charge < -0.3 is 56.0 Å². The number of aromatic nitrogens is 4. The van der Waals surface area contributed by atoms with Gasteiger partial charge in [0.25, 0.3) is 0 Å². The fourth-order valence-corrected chi connectivity index (χ4v) is 8.54. The normalized spacial score (nSPS) is 21.6. The number of carboxylic acids is 1. The third-order valence-electron chi connectivity index (χ3n) is 8.11. The minimum Gasteiger partial charge on any atom is -0.481 e. The van der Waals surface area contributed by atoms with Crippen LogP contribution < -0.4 is 16.4 Å². The number of nitrogens with two attached hydrogens (primary N) is 1. The van der Waals surface area contributed by atoms with Gasteiger partial charge in [0.2, 0.25) is 11.8 Å². The van der Waals surface area contributed by atoms with E-state index in [0.29, 0.717) is 0 Å².